The normalized spacial score (nSPS) is 8.31. The number of hydrogen-bond acceptors (Lipinski definition) is 4. The van der Waals surface area contributed by atoms with E-state index in [-0.39, 0.29) is 0 Å². The van der Waals surface area contributed by atoms with E-state index < -0.39 is 0 Å². The van der Waals surface area contributed by atoms with Crippen molar-refractivity contribution < 1.29 is 9.53 Å². The molecular formula is C9H6N2O2. The molecule has 0 radical (unpaired) electrons. The molecule has 0 spiro atoms. The third-order valence-electron chi connectivity index (χ3n) is 1.43. The van der Waals surface area contributed by atoms with E-state index in [2.05, 4.69) is 4.99 Å². The molecule has 0 amide bonds. The highest BCUT2D eigenvalue weighted by Crippen LogP contribution is 2.21. The molecule has 4 nitrogen and oxygen atoms in total. The van der Waals surface area contributed by atoms with Crippen LogP contribution in [0.3, 0.4) is 0 Å². The quantitative estimate of drug-likeness (QED) is 0.504. The number of aliphatic imine (C=N–C) groups is 1. The largest absolute Gasteiger partial charge is 0.497 e. The fourth-order valence-corrected chi connectivity index (χ4v) is 0.883. The van der Waals surface area contributed by atoms with Crippen LogP contribution in [-0.4, -0.2) is 13.2 Å². The maximum atomic E-state index is 9.96. The lowest BCUT2D eigenvalue weighted by Gasteiger charge is -1.99. The molecule has 0 unspecified atom stereocenters. The van der Waals surface area contributed by atoms with Gasteiger partial charge >= 0.3 is 0 Å². The van der Waals surface area contributed by atoms with Crippen molar-refractivity contribution in [2.24, 2.45) is 4.99 Å². The molecule has 13 heavy (non-hydrogen) atoms. The van der Waals surface area contributed by atoms with Crippen molar-refractivity contribution in [1.29, 1.82) is 5.26 Å². The van der Waals surface area contributed by atoms with E-state index in [0.29, 0.717) is 17.0 Å². The van der Waals surface area contributed by atoms with Crippen LogP contribution in [0.1, 0.15) is 5.56 Å². The average molecular weight is 174 g/mol. The van der Waals surface area contributed by atoms with Gasteiger partial charge in [0.15, 0.2) is 0 Å². The first-order chi connectivity index (χ1) is 6.30. The summed E-state index contributed by atoms with van der Waals surface area (Å²) in [5, 5.41) is 8.60. The van der Waals surface area contributed by atoms with Crippen LogP contribution in [-0.2, 0) is 4.79 Å². The Bertz CT molecular complexity index is 401. The first-order valence-electron chi connectivity index (χ1n) is 3.47. The van der Waals surface area contributed by atoms with Crippen molar-refractivity contribution in [3.05, 3.63) is 23.8 Å². The Kier molecular flexibility index (Phi) is 2.80. The van der Waals surface area contributed by atoms with Gasteiger partial charge in [-0.3, -0.25) is 0 Å². The predicted molar refractivity (Wildman–Crippen MR) is 45.5 cm³/mol. The molecule has 64 valence electrons. The van der Waals surface area contributed by atoms with Gasteiger partial charge in [0.2, 0.25) is 6.08 Å². The van der Waals surface area contributed by atoms with Gasteiger partial charge in [-0.1, -0.05) is 0 Å². The van der Waals surface area contributed by atoms with E-state index >= 15 is 0 Å². The maximum Gasteiger partial charge on any atom is 0.240 e. The molecule has 0 heterocycles. The van der Waals surface area contributed by atoms with Crippen molar-refractivity contribution >= 4 is 11.8 Å². The Labute approximate surface area is 75.1 Å². The number of benzene rings is 1. The van der Waals surface area contributed by atoms with Gasteiger partial charge in [0.1, 0.15) is 5.75 Å². The lowest BCUT2D eigenvalue weighted by molar-refractivity contribution is 0.415. The zero-order valence-corrected chi connectivity index (χ0v) is 6.94. The maximum absolute atomic E-state index is 9.96. The Morgan fingerprint density at radius 3 is 2.77 bits per heavy atom. The Balaban J connectivity index is 3.24. The van der Waals surface area contributed by atoms with E-state index in [4.69, 9.17) is 10.00 Å². The molecule has 0 aromatic heterocycles. The fraction of sp³-hybridized carbons (Fsp3) is 0.111. The molecule has 0 aliphatic heterocycles. The SMILES string of the molecule is COc1cc(C#N)cc(N=C=O)c1. The van der Waals surface area contributed by atoms with Crippen LogP contribution in [0.4, 0.5) is 5.69 Å². The molecule has 0 aliphatic rings. The number of ether oxygens (including phenoxy) is 1. The molecule has 1 rings (SSSR count). The zero-order chi connectivity index (χ0) is 9.68. The van der Waals surface area contributed by atoms with Gasteiger partial charge in [-0.05, 0) is 12.1 Å². The highest BCUT2D eigenvalue weighted by Gasteiger charge is 1.99. The van der Waals surface area contributed by atoms with Gasteiger partial charge < -0.3 is 4.74 Å². The molecule has 0 bridgehead atoms. The number of isocyanates is 1. The van der Waals surface area contributed by atoms with E-state index in [1.54, 1.807) is 12.1 Å². The number of nitrogens with zero attached hydrogens (tertiary/aromatic N) is 2. The molecule has 0 N–H and O–H groups in total. The van der Waals surface area contributed by atoms with Crippen molar-refractivity contribution in [3.63, 3.8) is 0 Å². The monoisotopic (exact) mass is 174 g/mol. The van der Waals surface area contributed by atoms with Crippen molar-refractivity contribution in [1.82, 2.24) is 0 Å². The number of nitriles is 1. The minimum Gasteiger partial charge on any atom is -0.497 e. The summed E-state index contributed by atoms with van der Waals surface area (Å²) >= 11 is 0. The lowest BCUT2D eigenvalue weighted by atomic mass is 10.2. The second-order valence-corrected chi connectivity index (χ2v) is 2.23. The van der Waals surface area contributed by atoms with Crippen LogP contribution in [0.15, 0.2) is 23.2 Å². The highest BCUT2D eigenvalue weighted by molar-refractivity contribution is 5.55. The van der Waals surface area contributed by atoms with Gasteiger partial charge in [-0.15, -0.1) is 0 Å². The van der Waals surface area contributed by atoms with Gasteiger partial charge in [0, 0.05) is 6.07 Å². The number of methoxy groups -OCH3 is 1. The topological polar surface area (TPSA) is 62.4 Å². The Hall–Kier alpha value is -2.11. The minimum absolute atomic E-state index is 0.367. The Morgan fingerprint density at radius 1 is 1.46 bits per heavy atom. The van der Waals surface area contributed by atoms with Crippen molar-refractivity contribution in [2.75, 3.05) is 7.11 Å². The van der Waals surface area contributed by atoms with Crippen LogP contribution in [0.2, 0.25) is 0 Å². The standard InChI is InChI=1S/C9H6N2O2/c1-13-9-3-7(5-10)2-8(4-9)11-6-12/h2-4H,1H3. The van der Waals surface area contributed by atoms with Crippen LogP contribution in [0.25, 0.3) is 0 Å². The smallest absolute Gasteiger partial charge is 0.240 e. The van der Waals surface area contributed by atoms with Crippen molar-refractivity contribution in [3.8, 4) is 11.8 Å². The number of hydrogen-bond donors (Lipinski definition) is 0. The summed E-state index contributed by atoms with van der Waals surface area (Å²) in [6.07, 6.45) is 1.40. The summed E-state index contributed by atoms with van der Waals surface area (Å²) in [5.74, 6) is 0.494. The molecule has 0 atom stereocenters. The molecule has 0 saturated carbocycles. The molecule has 4 heteroatoms. The Morgan fingerprint density at radius 2 is 2.23 bits per heavy atom. The summed E-state index contributed by atoms with van der Waals surface area (Å²) in [4.78, 5) is 13.3. The molecule has 0 aliphatic carbocycles. The third-order valence-corrected chi connectivity index (χ3v) is 1.43. The van der Waals surface area contributed by atoms with E-state index in [9.17, 15) is 4.79 Å². The van der Waals surface area contributed by atoms with Crippen LogP contribution in [0, 0.1) is 11.3 Å². The second-order valence-electron chi connectivity index (χ2n) is 2.23. The third kappa shape index (κ3) is 2.16. The summed E-state index contributed by atoms with van der Waals surface area (Å²) < 4.78 is 4.90. The van der Waals surface area contributed by atoms with Crippen molar-refractivity contribution in [2.45, 2.75) is 0 Å². The summed E-state index contributed by atoms with van der Waals surface area (Å²) in [6, 6.07) is 6.52. The van der Waals surface area contributed by atoms with E-state index in [0.717, 1.165) is 0 Å². The molecule has 1 aromatic rings. The first-order valence-corrected chi connectivity index (χ1v) is 3.47. The molecule has 0 saturated heterocycles. The molecule has 0 fully saturated rings. The van der Waals surface area contributed by atoms with E-state index in [1.807, 2.05) is 6.07 Å². The van der Waals surface area contributed by atoms with Crippen LogP contribution in [0.5, 0.6) is 5.75 Å². The van der Waals surface area contributed by atoms with E-state index in [1.165, 1.54) is 19.3 Å². The lowest BCUT2D eigenvalue weighted by Crippen LogP contribution is -1.83. The first kappa shape index (κ1) is 8.98. The number of carbonyl (C=O) groups excluding carboxylic acids is 1. The highest BCUT2D eigenvalue weighted by atomic mass is 16.5. The second kappa shape index (κ2) is 4.05. The van der Waals surface area contributed by atoms with Crippen LogP contribution >= 0.6 is 0 Å². The van der Waals surface area contributed by atoms with Gasteiger partial charge in [-0.2, -0.15) is 10.3 Å². The predicted octanol–water partition coefficient (Wildman–Crippen LogP) is 1.53. The number of rotatable bonds is 2. The zero-order valence-electron chi connectivity index (χ0n) is 6.94. The van der Waals surface area contributed by atoms with Gasteiger partial charge in [-0.25, -0.2) is 4.79 Å². The summed E-state index contributed by atoms with van der Waals surface area (Å²) in [6.45, 7) is 0. The average Bonchev–Trinajstić information content (AvgIpc) is 2.17. The molecular weight excluding hydrogens is 168 g/mol. The summed E-state index contributed by atoms with van der Waals surface area (Å²) in [7, 11) is 1.48. The van der Waals surface area contributed by atoms with Gasteiger partial charge in [0.05, 0.1) is 24.4 Å². The fourth-order valence-electron chi connectivity index (χ4n) is 0.883. The minimum atomic E-state index is 0.367. The van der Waals surface area contributed by atoms with Crippen LogP contribution < -0.4 is 4.74 Å². The summed E-state index contributed by atoms with van der Waals surface area (Å²) in [5.41, 5.74) is 0.763. The molecule has 1 aromatic carbocycles. The van der Waals surface area contributed by atoms with Gasteiger partial charge in [0.25, 0.3) is 0 Å².